The van der Waals surface area contributed by atoms with Crippen LogP contribution in [0.4, 0.5) is 8.78 Å². The van der Waals surface area contributed by atoms with Gasteiger partial charge in [0.25, 0.3) is 5.91 Å². The van der Waals surface area contributed by atoms with Crippen molar-refractivity contribution in [3.05, 3.63) is 71.1 Å². The van der Waals surface area contributed by atoms with Gasteiger partial charge in [0.15, 0.2) is 0 Å². The lowest BCUT2D eigenvalue weighted by atomic mass is 9.92. The Bertz CT molecular complexity index is 1020. The minimum atomic E-state index is -0.629. The molecule has 1 aromatic carbocycles. The second-order valence-electron chi connectivity index (χ2n) is 7.22. The number of carbonyl (C=O) groups is 1. The summed E-state index contributed by atoms with van der Waals surface area (Å²) in [5.74, 6) is -1.58. The summed E-state index contributed by atoms with van der Waals surface area (Å²) < 4.78 is 28.8. The Balaban J connectivity index is 1.65. The molecule has 0 spiro atoms. The number of benzene rings is 1. The predicted octanol–water partition coefficient (Wildman–Crippen LogP) is 3.24. The van der Waals surface area contributed by atoms with Gasteiger partial charge in [-0.1, -0.05) is 18.9 Å². The molecule has 0 radical (unpaired) electrons. The van der Waals surface area contributed by atoms with E-state index in [2.05, 4.69) is 10.4 Å². The summed E-state index contributed by atoms with van der Waals surface area (Å²) in [7, 11) is 0. The number of nitrogens with one attached hydrogen (secondary N) is 1. The number of halogens is 2. The topological polar surface area (TPSA) is 66.6 Å². The molecule has 1 fully saturated rings. The molecular weight excluding hydrogens is 364 g/mol. The van der Waals surface area contributed by atoms with Crippen molar-refractivity contribution in [2.75, 3.05) is 0 Å². The largest absolute Gasteiger partial charge is 0.391 e. The van der Waals surface area contributed by atoms with Crippen molar-refractivity contribution in [3.8, 4) is 0 Å². The number of rotatable bonds is 4. The van der Waals surface area contributed by atoms with Gasteiger partial charge in [-0.3, -0.25) is 4.79 Å². The quantitative estimate of drug-likeness (QED) is 0.725. The Kier molecular flexibility index (Phi) is 5.09. The molecule has 1 saturated carbocycles. The summed E-state index contributed by atoms with van der Waals surface area (Å²) >= 11 is 0. The molecule has 1 aliphatic carbocycles. The molecule has 4 rings (SSSR count). The molecule has 1 aliphatic rings. The lowest BCUT2D eigenvalue weighted by Crippen LogP contribution is -2.45. The number of aliphatic hydroxyl groups is 1. The van der Waals surface area contributed by atoms with E-state index < -0.39 is 17.7 Å². The molecule has 28 heavy (non-hydrogen) atoms. The summed E-state index contributed by atoms with van der Waals surface area (Å²) in [6.07, 6.45) is 4.55. The maximum absolute atomic E-state index is 14.1. The molecule has 2 N–H and O–H groups in total. The van der Waals surface area contributed by atoms with E-state index in [-0.39, 0.29) is 18.4 Å². The van der Waals surface area contributed by atoms with Crippen molar-refractivity contribution in [2.24, 2.45) is 0 Å². The fraction of sp³-hybridized carbons (Fsp3) is 0.333. The number of hydrogen-bond acceptors (Lipinski definition) is 3. The Morgan fingerprint density at radius 3 is 2.79 bits per heavy atom. The summed E-state index contributed by atoms with van der Waals surface area (Å²) in [5, 5.41) is 17.3. The number of nitrogens with zero attached hydrogens (tertiary/aromatic N) is 2. The standard InChI is InChI=1S/C21H21F2N3O2/c22-15-8-7-13(16(23)12-15)10-14-11-19(26-18(14)5-3-9-24-26)21(28)25-17-4-1-2-6-20(17)27/h3,5,7-9,11-12,17,20,27H,1-2,4,6,10H2,(H,25,28)/t17-,20-/m0/s1. The van der Waals surface area contributed by atoms with Crippen molar-refractivity contribution in [1.82, 2.24) is 14.9 Å². The van der Waals surface area contributed by atoms with Gasteiger partial charge in [-0.2, -0.15) is 5.10 Å². The van der Waals surface area contributed by atoms with E-state index in [4.69, 9.17) is 0 Å². The second-order valence-corrected chi connectivity index (χ2v) is 7.22. The SMILES string of the molecule is O=C(N[C@H]1CCCC[C@@H]1O)c1cc(Cc2ccc(F)cc2F)c2cccnn12. The Hall–Kier alpha value is -2.80. The van der Waals surface area contributed by atoms with Gasteiger partial charge < -0.3 is 10.4 Å². The van der Waals surface area contributed by atoms with Gasteiger partial charge in [0, 0.05) is 18.7 Å². The highest BCUT2D eigenvalue weighted by Crippen LogP contribution is 2.23. The van der Waals surface area contributed by atoms with E-state index in [1.807, 2.05) is 0 Å². The third-order valence-corrected chi connectivity index (χ3v) is 5.29. The first kappa shape index (κ1) is 18.6. The molecule has 0 unspecified atom stereocenters. The zero-order valence-electron chi connectivity index (χ0n) is 15.2. The lowest BCUT2D eigenvalue weighted by Gasteiger charge is -2.28. The molecule has 1 amide bonds. The highest BCUT2D eigenvalue weighted by molar-refractivity contribution is 5.94. The summed E-state index contributed by atoms with van der Waals surface area (Å²) in [4.78, 5) is 12.8. The van der Waals surface area contributed by atoms with Gasteiger partial charge in [0.05, 0.1) is 17.7 Å². The number of hydrogen-bond donors (Lipinski definition) is 2. The molecule has 5 nitrogen and oxygen atoms in total. The van der Waals surface area contributed by atoms with E-state index in [0.717, 1.165) is 25.3 Å². The van der Waals surface area contributed by atoms with Crippen LogP contribution < -0.4 is 5.32 Å². The zero-order valence-corrected chi connectivity index (χ0v) is 15.2. The van der Waals surface area contributed by atoms with Crippen LogP contribution in [0, 0.1) is 11.6 Å². The maximum Gasteiger partial charge on any atom is 0.270 e. The van der Waals surface area contributed by atoms with E-state index >= 15 is 0 Å². The van der Waals surface area contributed by atoms with Crippen LogP contribution >= 0.6 is 0 Å². The zero-order chi connectivity index (χ0) is 19.7. The molecular formula is C21H21F2N3O2. The summed E-state index contributed by atoms with van der Waals surface area (Å²) in [6, 6.07) is 8.41. The van der Waals surface area contributed by atoms with E-state index in [9.17, 15) is 18.7 Å². The van der Waals surface area contributed by atoms with Crippen LogP contribution in [-0.4, -0.2) is 32.8 Å². The average molecular weight is 385 g/mol. The Morgan fingerprint density at radius 1 is 1.18 bits per heavy atom. The molecule has 0 bridgehead atoms. The number of aliphatic hydroxyl groups excluding tert-OH is 1. The summed E-state index contributed by atoms with van der Waals surface area (Å²) in [5.41, 5.74) is 2.06. The smallest absolute Gasteiger partial charge is 0.270 e. The van der Waals surface area contributed by atoms with Crippen molar-refractivity contribution < 1.29 is 18.7 Å². The molecule has 0 saturated heterocycles. The highest BCUT2D eigenvalue weighted by atomic mass is 19.1. The third kappa shape index (κ3) is 3.62. The normalized spacial score (nSPS) is 19.7. The second kappa shape index (κ2) is 7.67. The molecule has 2 aromatic heterocycles. The maximum atomic E-state index is 14.1. The van der Waals surface area contributed by atoms with Gasteiger partial charge in [-0.15, -0.1) is 0 Å². The van der Waals surface area contributed by atoms with Crippen LogP contribution in [0.1, 0.15) is 47.3 Å². The third-order valence-electron chi connectivity index (χ3n) is 5.29. The van der Waals surface area contributed by atoms with Crippen LogP contribution in [0.3, 0.4) is 0 Å². The summed E-state index contributed by atoms with van der Waals surface area (Å²) in [6.45, 7) is 0. The van der Waals surface area contributed by atoms with Gasteiger partial charge in [0.2, 0.25) is 0 Å². The molecule has 3 aromatic rings. The number of aromatic nitrogens is 2. The van der Waals surface area contributed by atoms with E-state index in [0.29, 0.717) is 28.8 Å². The fourth-order valence-corrected chi connectivity index (χ4v) is 3.80. The van der Waals surface area contributed by atoms with Crippen molar-refractivity contribution in [2.45, 2.75) is 44.2 Å². The van der Waals surface area contributed by atoms with E-state index in [1.165, 1.54) is 16.6 Å². The Labute approximate surface area is 161 Å². The van der Waals surface area contributed by atoms with Gasteiger partial charge >= 0.3 is 0 Å². The predicted molar refractivity (Wildman–Crippen MR) is 100 cm³/mol. The van der Waals surface area contributed by atoms with Gasteiger partial charge in [-0.25, -0.2) is 13.3 Å². The van der Waals surface area contributed by atoms with Crippen LogP contribution in [0.25, 0.3) is 5.52 Å². The minimum Gasteiger partial charge on any atom is -0.391 e. The first-order valence-corrected chi connectivity index (χ1v) is 9.41. The van der Waals surface area contributed by atoms with Gasteiger partial charge in [0.1, 0.15) is 17.3 Å². The van der Waals surface area contributed by atoms with Crippen LogP contribution in [0.2, 0.25) is 0 Å². The lowest BCUT2D eigenvalue weighted by molar-refractivity contribution is 0.0712. The minimum absolute atomic E-state index is 0.209. The van der Waals surface area contributed by atoms with Crippen LogP contribution in [0.15, 0.2) is 42.6 Å². The molecule has 2 heterocycles. The highest BCUT2D eigenvalue weighted by Gasteiger charge is 2.26. The van der Waals surface area contributed by atoms with Crippen molar-refractivity contribution >= 4 is 11.4 Å². The van der Waals surface area contributed by atoms with Crippen LogP contribution in [0.5, 0.6) is 0 Å². The van der Waals surface area contributed by atoms with Crippen molar-refractivity contribution in [3.63, 3.8) is 0 Å². The first-order chi connectivity index (χ1) is 13.5. The monoisotopic (exact) mass is 385 g/mol. The molecule has 146 valence electrons. The molecule has 7 heteroatoms. The average Bonchev–Trinajstić information content (AvgIpc) is 3.05. The molecule has 2 atom stereocenters. The van der Waals surface area contributed by atoms with Crippen molar-refractivity contribution in [1.29, 1.82) is 0 Å². The first-order valence-electron chi connectivity index (χ1n) is 9.41. The number of carbonyl (C=O) groups excluding carboxylic acids is 1. The van der Waals surface area contributed by atoms with Gasteiger partial charge in [-0.05, 0) is 48.2 Å². The molecule has 0 aliphatic heterocycles. The van der Waals surface area contributed by atoms with E-state index in [1.54, 1.807) is 24.4 Å². The van der Waals surface area contributed by atoms with Crippen LogP contribution in [-0.2, 0) is 6.42 Å². The number of amides is 1. The Morgan fingerprint density at radius 2 is 2.00 bits per heavy atom. The number of fused-ring (bicyclic) bond motifs is 1. The fourth-order valence-electron chi connectivity index (χ4n) is 3.80.